The van der Waals surface area contributed by atoms with Crippen molar-refractivity contribution in [1.82, 2.24) is 9.78 Å². The van der Waals surface area contributed by atoms with E-state index < -0.39 is 5.97 Å². The number of carboxylic acid groups (broad SMARTS) is 1. The highest BCUT2D eigenvalue weighted by molar-refractivity contribution is 7.98. The number of aromatic nitrogens is 2. The monoisotopic (exact) mass is 214 g/mol. The number of aliphatic carboxylic acids is 1. The van der Waals surface area contributed by atoms with Crippen molar-refractivity contribution in [2.45, 2.75) is 19.1 Å². The van der Waals surface area contributed by atoms with Crippen molar-refractivity contribution in [2.75, 3.05) is 5.75 Å². The molecule has 78 valence electrons. The van der Waals surface area contributed by atoms with Gasteiger partial charge in [0, 0.05) is 24.2 Å². The molecule has 1 rings (SSSR count). The van der Waals surface area contributed by atoms with Crippen molar-refractivity contribution in [3.63, 3.8) is 0 Å². The molecule has 0 spiro atoms. The van der Waals surface area contributed by atoms with Gasteiger partial charge in [-0.2, -0.15) is 16.9 Å². The Morgan fingerprint density at radius 3 is 2.93 bits per heavy atom. The summed E-state index contributed by atoms with van der Waals surface area (Å²) in [6.45, 7) is 1.95. The van der Waals surface area contributed by atoms with E-state index in [4.69, 9.17) is 5.11 Å². The molecule has 0 amide bonds. The predicted octanol–water partition coefficient (Wildman–Crippen LogP) is 1.44. The number of carboxylic acids is 1. The largest absolute Gasteiger partial charge is 0.481 e. The fourth-order valence-corrected chi connectivity index (χ4v) is 2.08. The lowest BCUT2D eigenvalue weighted by Gasteiger charge is -2.00. The molecule has 0 aliphatic rings. The molecule has 0 aliphatic heterocycles. The smallest absolute Gasteiger partial charge is 0.304 e. The third kappa shape index (κ3) is 3.41. The minimum absolute atomic E-state index is 0.224. The summed E-state index contributed by atoms with van der Waals surface area (Å²) < 4.78 is 1.84. The lowest BCUT2D eigenvalue weighted by molar-refractivity contribution is -0.136. The number of rotatable bonds is 5. The molecule has 0 saturated heterocycles. The second-order valence-corrected chi connectivity index (χ2v) is 4.20. The van der Waals surface area contributed by atoms with Gasteiger partial charge in [-0.15, -0.1) is 0 Å². The number of carbonyl (C=O) groups is 1. The van der Waals surface area contributed by atoms with E-state index in [0.717, 1.165) is 17.1 Å². The van der Waals surface area contributed by atoms with Gasteiger partial charge in [0.15, 0.2) is 0 Å². The molecule has 0 radical (unpaired) electrons. The molecule has 0 bridgehead atoms. The van der Waals surface area contributed by atoms with E-state index in [2.05, 4.69) is 5.10 Å². The van der Waals surface area contributed by atoms with Gasteiger partial charge in [-0.1, -0.05) is 0 Å². The molecule has 1 aromatic rings. The van der Waals surface area contributed by atoms with Crippen LogP contribution >= 0.6 is 11.8 Å². The number of nitrogens with zero attached hydrogens (tertiary/aromatic N) is 2. The van der Waals surface area contributed by atoms with Crippen molar-refractivity contribution in [2.24, 2.45) is 7.05 Å². The first kappa shape index (κ1) is 11.1. The zero-order valence-electron chi connectivity index (χ0n) is 8.36. The highest BCUT2D eigenvalue weighted by atomic mass is 32.2. The van der Waals surface area contributed by atoms with Crippen LogP contribution in [0.25, 0.3) is 0 Å². The normalized spacial score (nSPS) is 10.4. The van der Waals surface area contributed by atoms with Gasteiger partial charge in [0.05, 0.1) is 12.1 Å². The molecule has 4 nitrogen and oxygen atoms in total. The fourth-order valence-electron chi connectivity index (χ4n) is 1.14. The van der Waals surface area contributed by atoms with Gasteiger partial charge in [-0.25, -0.2) is 0 Å². The molecule has 1 aromatic heterocycles. The first-order valence-electron chi connectivity index (χ1n) is 4.38. The summed E-state index contributed by atoms with van der Waals surface area (Å²) in [6.07, 6.45) is 0.224. The van der Waals surface area contributed by atoms with Crippen LogP contribution < -0.4 is 0 Å². The second-order valence-electron chi connectivity index (χ2n) is 3.10. The molecule has 0 atom stereocenters. The SMILES string of the molecule is Cc1cc(CSCCC(=O)O)n(C)n1. The first-order valence-corrected chi connectivity index (χ1v) is 5.54. The molecule has 14 heavy (non-hydrogen) atoms. The molecule has 0 fully saturated rings. The van der Waals surface area contributed by atoms with Gasteiger partial charge in [-0.05, 0) is 13.0 Å². The van der Waals surface area contributed by atoms with E-state index in [9.17, 15) is 4.79 Å². The number of hydrogen-bond acceptors (Lipinski definition) is 3. The number of aryl methyl sites for hydroxylation is 2. The van der Waals surface area contributed by atoms with Gasteiger partial charge in [0.2, 0.25) is 0 Å². The van der Waals surface area contributed by atoms with E-state index in [1.54, 1.807) is 11.8 Å². The van der Waals surface area contributed by atoms with Crippen molar-refractivity contribution in [1.29, 1.82) is 0 Å². The Morgan fingerprint density at radius 2 is 2.43 bits per heavy atom. The summed E-state index contributed by atoms with van der Waals surface area (Å²) in [5, 5.41) is 12.7. The molecule has 0 aromatic carbocycles. The van der Waals surface area contributed by atoms with E-state index in [0.29, 0.717) is 5.75 Å². The minimum atomic E-state index is -0.737. The number of thioether (sulfide) groups is 1. The maximum absolute atomic E-state index is 10.3. The molecule has 0 unspecified atom stereocenters. The lowest BCUT2D eigenvalue weighted by atomic mass is 10.4. The van der Waals surface area contributed by atoms with Crippen LogP contribution in [0.5, 0.6) is 0 Å². The highest BCUT2D eigenvalue weighted by Crippen LogP contribution is 2.13. The van der Waals surface area contributed by atoms with Gasteiger partial charge in [-0.3, -0.25) is 9.48 Å². The third-order valence-electron chi connectivity index (χ3n) is 1.81. The van der Waals surface area contributed by atoms with Crippen molar-refractivity contribution < 1.29 is 9.90 Å². The molecular weight excluding hydrogens is 200 g/mol. The zero-order valence-corrected chi connectivity index (χ0v) is 9.17. The summed E-state index contributed by atoms with van der Waals surface area (Å²) in [4.78, 5) is 10.3. The standard InChI is InChI=1S/C9H14N2O2S/c1-7-5-8(11(2)10-7)6-14-4-3-9(12)13/h5H,3-4,6H2,1-2H3,(H,12,13). The Morgan fingerprint density at radius 1 is 1.71 bits per heavy atom. The minimum Gasteiger partial charge on any atom is -0.481 e. The quantitative estimate of drug-likeness (QED) is 0.753. The van der Waals surface area contributed by atoms with Gasteiger partial charge >= 0.3 is 5.97 Å². The lowest BCUT2D eigenvalue weighted by Crippen LogP contribution is -1.99. The summed E-state index contributed by atoms with van der Waals surface area (Å²) in [7, 11) is 1.90. The topological polar surface area (TPSA) is 55.1 Å². The average Bonchev–Trinajstić information content (AvgIpc) is 2.39. The summed E-state index contributed by atoms with van der Waals surface area (Å²) in [6, 6.07) is 2.02. The van der Waals surface area contributed by atoms with E-state index in [1.807, 2.05) is 24.7 Å². The average molecular weight is 214 g/mol. The molecular formula is C9H14N2O2S. The van der Waals surface area contributed by atoms with Crippen LogP contribution in [0.3, 0.4) is 0 Å². The maximum Gasteiger partial charge on any atom is 0.304 e. The summed E-state index contributed by atoms with van der Waals surface area (Å²) >= 11 is 1.62. The summed E-state index contributed by atoms with van der Waals surface area (Å²) in [5.74, 6) is 0.739. The summed E-state index contributed by atoms with van der Waals surface area (Å²) in [5.41, 5.74) is 2.14. The first-order chi connectivity index (χ1) is 6.59. The van der Waals surface area contributed by atoms with Crippen molar-refractivity contribution >= 4 is 17.7 Å². The van der Waals surface area contributed by atoms with E-state index in [1.165, 1.54) is 0 Å². The zero-order chi connectivity index (χ0) is 10.6. The Balaban J connectivity index is 2.31. The second kappa shape index (κ2) is 5.05. The van der Waals surface area contributed by atoms with Gasteiger partial charge in [0.1, 0.15) is 0 Å². The van der Waals surface area contributed by atoms with Crippen LogP contribution in [0.2, 0.25) is 0 Å². The Bertz CT molecular complexity index is 323. The van der Waals surface area contributed by atoms with Crippen LogP contribution in [0.1, 0.15) is 17.8 Å². The van der Waals surface area contributed by atoms with Gasteiger partial charge in [0.25, 0.3) is 0 Å². The third-order valence-corrected chi connectivity index (χ3v) is 2.80. The van der Waals surface area contributed by atoms with E-state index >= 15 is 0 Å². The highest BCUT2D eigenvalue weighted by Gasteiger charge is 2.02. The maximum atomic E-state index is 10.3. The van der Waals surface area contributed by atoms with Crippen molar-refractivity contribution in [3.05, 3.63) is 17.5 Å². The Hall–Kier alpha value is -0.970. The van der Waals surface area contributed by atoms with E-state index in [-0.39, 0.29) is 6.42 Å². The van der Waals surface area contributed by atoms with Crippen LogP contribution in [0.15, 0.2) is 6.07 Å². The molecule has 1 heterocycles. The van der Waals surface area contributed by atoms with Crippen LogP contribution in [0, 0.1) is 6.92 Å². The fraction of sp³-hybridized carbons (Fsp3) is 0.556. The van der Waals surface area contributed by atoms with Crippen LogP contribution in [-0.4, -0.2) is 26.6 Å². The molecule has 1 N–H and O–H groups in total. The molecule has 0 aliphatic carbocycles. The van der Waals surface area contributed by atoms with Crippen LogP contribution in [0.4, 0.5) is 0 Å². The molecule has 0 saturated carbocycles. The Kier molecular flexibility index (Phi) is 4.00. The Labute approximate surface area is 87.3 Å². The van der Waals surface area contributed by atoms with Gasteiger partial charge < -0.3 is 5.11 Å². The molecule has 5 heteroatoms. The number of hydrogen-bond donors (Lipinski definition) is 1. The van der Waals surface area contributed by atoms with Crippen molar-refractivity contribution in [3.8, 4) is 0 Å². The van der Waals surface area contributed by atoms with Crippen LogP contribution in [-0.2, 0) is 17.6 Å². The predicted molar refractivity (Wildman–Crippen MR) is 56.4 cm³/mol.